The Labute approximate surface area is 190 Å². The highest BCUT2D eigenvalue weighted by Gasteiger charge is 2.24. The number of aryl methyl sites for hydroxylation is 1. The molecule has 2 aromatic rings. The molecular formula is C26H34N2O4. The molecule has 32 heavy (non-hydrogen) atoms. The number of carbonyl (C=O) groups is 2. The van der Waals surface area contributed by atoms with Crippen LogP contribution in [0.25, 0.3) is 0 Å². The fraction of sp³-hybridized carbons (Fsp3) is 0.462. The van der Waals surface area contributed by atoms with Crippen LogP contribution in [-0.4, -0.2) is 50.1 Å². The van der Waals surface area contributed by atoms with E-state index in [-0.39, 0.29) is 17.9 Å². The Morgan fingerprint density at radius 3 is 2.25 bits per heavy atom. The fourth-order valence-corrected chi connectivity index (χ4v) is 4.01. The average Bonchev–Trinajstić information content (AvgIpc) is 2.82. The summed E-state index contributed by atoms with van der Waals surface area (Å²) in [6, 6.07) is 13.7. The van der Waals surface area contributed by atoms with E-state index in [1.165, 1.54) is 5.56 Å². The number of ether oxygens (including phenoxy) is 2. The van der Waals surface area contributed by atoms with Gasteiger partial charge in [0.25, 0.3) is 5.91 Å². The molecule has 1 heterocycles. The van der Waals surface area contributed by atoms with Gasteiger partial charge in [-0.3, -0.25) is 9.59 Å². The molecule has 6 heteroatoms. The maximum Gasteiger partial charge on any atom is 0.253 e. The summed E-state index contributed by atoms with van der Waals surface area (Å²) in [7, 11) is 3.21. The monoisotopic (exact) mass is 438 g/mol. The van der Waals surface area contributed by atoms with E-state index >= 15 is 0 Å². The number of rotatable bonds is 8. The number of nitrogens with zero attached hydrogens (tertiary/aromatic N) is 1. The molecule has 1 aliphatic rings. The van der Waals surface area contributed by atoms with Gasteiger partial charge in [0, 0.05) is 31.1 Å². The number of piperidine rings is 1. The fourth-order valence-electron chi connectivity index (χ4n) is 4.01. The van der Waals surface area contributed by atoms with Crippen molar-refractivity contribution in [1.82, 2.24) is 10.2 Å². The molecule has 0 bridgehead atoms. The van der Waals surface area contributed by atoms with Crippen LogP contribution in [-0.2, 0) is 11.2 Å². The minimum Gasteiger partial charge on any atom is -0.493 e. The smallest absolute Gasteiger partial charge is 0.253 e. The molecule has 1 saturated heterocycles. The van der Waals surface area contributed by atoms with Gasteiger partial charge in [-0.1, -0.05) is 32.0 Å². The number of likely N-dealkylation sites (tertiary alicyclic amines) is 1. The summed E-state index contributed by atoms with van der Waals surface area (Å²) < 4.78 is 10.6. The lowest BCUT2D eigenvalue weighted by atomic mass is 10.00. The van der Waals surface area contributed by atoms with Crippen LogP contribution in [0, 0.1) is 0 Å². The van der Waals surface area contributed by atoms with Gasteiger partial charge in [0.15, 0.2) is 11.5 Å². The van der Waals surface area contributed by atoms with E-state index < -0.39 is 0 Å². The largest absolute Gasteiger partial charge is 0.493 e. The van der Waals surface area contributed by atoms with E-state index in [0.717, 1.165) is 24.0 Å². The van der Waals surface area contributed by atoms with Crippen molar-refractivity contribution in [3.05, 3.63) is 59.2 Å². The molecule has 3 rings (SSSR count). The topological polar surface area (TPSA) is 67.9 Å². The Kier molecular flexibility index (Phi) is 8.14. The summed E-state index contributed by atoms with van der Waals surface area (Å²) >= 11 is 0. The van der Waals surface area contributed by atoms with E-state index in [1.807, 2.05) is 47.4 Å². The number of amides is 2. The number of methoxy groups -OCH3 is 2. The molecule has 0 radical (unpaired) electrons. The van der Waals surface area contributed by atoms with Crippen molar-refractivity contribution in [1.29, 1.82) is 0 Å². The van der Waals surface area contributed by atoms with E-state index in [0.29, 0.717) is 43.3 Å². The Morgan fingerprint density at radius 1 is 1.00 bits per heavy atom. The minimum absolute atomic E-state index is 0.0360. The lowest BCUT2D eigenvalue weighted by Gasteiger charge is -2.32. The first-order valence-electron chi connectivity index (χ1n) is 11.3. The van der Waals surface area contributed by atoms with Crippen LogP contribution in [0.3, 0.4) is 0 Å². The first-order valence-corrected chi connectivity index (χ1v) is 11.3. The first kappa shape index (κ1) is 23.6. The van der Waals surface area contributed by atoms with E-state index in [1.54, 1.807) is 14.2 Å². The highest BCUT2D eigenvalue weighted by molar-refractivity contribution is 5.94. The number of hydrogen-bond acceptors (Lipinski definition) is 4. The average molecular weight is 439 g/mol. The third kappa shape index (κ3) is 6.02. The van der Waals surface area contributed by atoms with Crippen molar-refractivity contribution >= 4 is 11.8 Å². The summed E-state index contributed by atoms with van der Waals surface area (Å²) in [5.74, 6) is 1.90. The summed E-state index contributed by atoms with van der Waals surface area (Å²) in [6.45, 7) is 5.60. The molecule has 1 aliphatic heterocycles. The summed E-state index contributed by atoms with van der Waals surface area (Å²) in [5, 5.41) is 3.13. The van der Waals surface area contributed by atoms with Crippen molar-refractivity contribution in [2.45, 2.75) is 51.5 Å². The summed E-state index contributed by atoms with van der Waals surface area (Å²) in [6.07, 6.45) is 2.60. The van der Waals surface area contributed by atoms with Crippen LogP contribution in [0.4, 0.5) is 0 Å². The number of hydrogen-bond donors (Lipinski definition) is 1. The van der Waals surface area contributed by atoms with Crippen LogP contribution in [0.5, 0.6) is 11.5 Å². The van der Waals surface area contributed by atoms with Crippen molar-refractivity contribution in [2.75, 3.05) is 27.3 Å². The van der Waals surface area contributed by atoms with E-state index in [9.17, 15) is 9.59 Å². The molecule has 172 valence electrons. The first-order chi connectivity index (χ1) is 15.4. The van der Waals surface area contributed by atoms with Crippen molar-refractivity contribution < 1.29 is 19.1 Å². The van der Waals surface area contributed by atoms with Gasteiger partial charge >= 0.3 is 0 Å². The van der Waals surface area contributed by atoms with Gasteiger partial charge in [0.2, 0.25) is 5.91 Å². The lowest BCUT2D eigenvalue weighted by Crippen LogP contribution is -2.46. The minimum atomic E-state index is 0.0360. The maximum atomic E-state index is 12.8. The molecule has 0 unspecified atom stereocenters. The molecule has 2 aromatic carbocycles. The van der Waals surface area contributed by atoms with Gasteiger partial charge in [0.05, 0.1) is 14.2 Å². The molecule has 6 nitrogen and oxygen atoms in total. The molecule has 0 spiro atoms. The molecule has 0 saturated carbocycles. The highest BCUT2D eigenvalue weighted by Crippen LogP contribution is 2.28. The third-order valence-electron chi connectivity index (χ3n) is 6.06. The normalized spacial score (nSPS) is 14.3. The van der Waals surface area contributed by atoms with Gasteiger partial charge in [-0.25, -0.2) is 0 Å². The zero-order valence-electron chi connectivity index (χ0n) is 19.5. The quantitative estimate of drug-likeness (QED) is 0.671. The van der Waals surface area contributed by atoms with E-state index in [2.05, 4.69) is 19.2 Å². The van der Waals surface area contributed by atoms with Gasteiger partial charge in [-0.15, -0.1) is 0 Å². The van der Waals surface area contributed by atoms with Gasteiger partial charge < -0.3 is 19.7 Å². The zero-order valence-corrected chi connectivity index (χ0v) is 19.5. The van der Waals surface area contributed by atoms with Gasteiger partial charge in [-0.2, -0.15) is 0 Å². The van der Waals surface area contributed by atoms with Crippen molar-refractivity contribution in [3.63, 3.8) is 0 Å². The van der Waals surface area contributed by atoms with Crippen LogP contribution in [0.1, 0.15) is 60.5 Å². The second kappa shape index (κ2) is 11.0. The standard InChI is InChI=1S/C26H34N2O4/c1-18(2)20-7-9-21(10-8-20)26(30)28-15-13-22(14-16-28)27-25(29)12-6-19-5-11-23(31-3)24(17-19)32-4/h5,7-11,17-18,22H,6,12-16H2,1-4H3,(H,27,29). The molecular weight excluding hydrogens is 404 g/mol. The van der Waals surface area contributed by atoms with Gasteiger partial charge in [-0.05, 0) is 60.6 Å². The molecule has 1 fully saturated rings. The number of nitrogens with one attached hydrogen (secondary N) is 1. The van der Waals surface area contributed by atoms with E-state index in [4.69, 9.17) is 9.47 Å². The molecule has 0 aliphatic carbocycles. The summed E-state index contributed by atoms with van der Waals surface area (Å²) in [5.41, 5.74) is 2.99. The maximum absolute atomic E-state index is 12.8. The Balaban J connectivity index is 1.44. The molecule has 0 aromatic heterocycles. The predicted octanol–water partition coefficient (Wildman–Crippen LogP) is 4.18. The second-order valence-corrected chi connectivity index (χ2v) is 8.60. The molecule has 1 N–H and O–H groups in total. The predicted molar refractivity (Wildman–Crippen MR) is 125 cm³/mol. The van der Waals surface area contributed by atoms with Crippen molar-refractivity contribution in [3.8, 4) is 11.5 Å². The van der Waals surface area contributed by atoms with Crippen molar-refractivity contribution in [2.24, 2.45) is 0 Å². The Morgan fingerprint density at radius 2 is 1.66 bits per heavy atom. The van der Waals surface area contributed by atoms with Crippen LogP contribution in [0.15, 0.2) is 42.5 Å². The third-order valence-corrected chi connectivity index (χ3v) is 6.06. The van der Waals surface area contributed by atoms with Gasteiger partial charge in [0.1, 0.15) is 0 Å². The second-order valence-electron chi connectivity index (χ2n) is 8.60. The number of benzene rings is 2. The molecule has 2 amide bonds. The summed E-state index contributed by atoms with van der Waals surface area (Å²) in [4.78, 5) is 27.1. The Hall–Kier alpha value is -3.02. The van der Waals surface area contributed by atoms with Crippen LogP contribution >= 0.6 is 0 Å². The Bertz CT molecular complexity index is 916. The van der Waals surface area contributed by atoms with Crippen LogP contribution in [0.2, 0.25) is 0 Å². The zero-order chi connectivity index (χ0) is 23.1. The highest BCUT2D eigenvalue weighted by atomic mass is 16.5. The van der Waals surface area contributed by atoms with Crippen LogP contribution < -0.4 is 14.8 Å². The molecule has 0 atom stereocenters. The number of carbonyl (C=O) groups excluding carboxylic acids is 2. The SMILES string of the molecule is COc1ccc(CCC(=O)NC2CCN(C(=O)c3ccc(C(C)C)cc3)CC2)cc1OC. The lowest BCUT2D eigenvalue weighted by molar-refractivity contribution is -0.122.